The quantitative estimate of drug-likeness (QED) is 0.669. The molecule has 1 aliphatic rings. The summed E-state index contributed by atoms with van der Waals surface area (Å²) in [6.07, 6.45) is 0. The maximum Gasteiger partial charge on any atom is 0.267 e. The molecule has 0 spiro atoms. The van der Waals surface area contributed by atoms with E-state index in [1.54, 1.807) is 47.8 Å². The first-order valence-corrected chi connectivity index (χ1v) is 11.1. The lowest BCUT2D eigenvalue weighted by atomic mass is 10.2. The maximum absolute atomic E-state index is 12.9. The summed E-state index contributed by atoms with van der Waals surface area (Å²) in [6.45, 7) is 0.932. The Morgan fingerprint density at radius 2 is 1.76 bits per heavy atom. The van der Waals surface area contributed by atoms with Crippen LogP contribution in [0.25, 0.3) is 0 Å². The van der Waals surface area contributed by atoms with E-state index in [1.807, 2.05) is 0 Å². The molecule has 1 amide bonds. The van der Waals surface area contributed by atoms with Gasteiger partial charge in [0.25, 0.3) is 15.9 Å². The van der Waals surface area contributed by atoms with Gasteiger partial charge < -0.3 is 14.8 Å². The van der Waals surface area contributed by atoms with Crippen LogP contribution in [0.15, 0.2) is 64.9 Å². The summed E-state index contributed by atoms with van der Waals surface area (Å²) < 4.78 is 37.9. The van der Waals surface area contributed by atoms with Crippen molar-refractivity contribution in [2.75, 3.05) is 29.9 Å². The molecule has 150 valence electrons. The van der Waals surface area contributed by atoms with E-state index in [-0.39, 0.29) is 4.90 Å². The highest BCUT2D eigenvalue weighted by Gasteiger charge is 2.26. The Hall–Kier alpha value is -3.04. The molecule has 0 aliphatic carbocycles. The zero-order valence-corrected chi connectivity index (χ0v) is 17.1. The SMILES string of the molecule is CN(c1ccsc1C(=O)Nc1ccc2c(c1)OCCO2)S(=O)(=O)c1ccccc1. The number of fused-ring (bicyclic) bond motifs is 1. The molecule has 0 unspecified atom stereocenters. The van der Waals surface area contributed by atoms with Crippen molar-refractivity contribution in [3.8, 4) is 11.5 Å². The second-order valence-electron chi connectivity index (χ2n) is 6.23. The van der Waals surface area contributed by atoms with E-state index in [2.05, 4.69) is 5.32 Å². The number of benzene rings is 2. The minimum atomic E-state index is -3.78. The lowest BCUT2D eigenvalue weighted by Crippen LogP contribution is -2.28. The van der Waals surface area contributed by atoms with Gasteiger partial charge in [-0.25, -0.2) is 8.42 Å². The van der Waals surface area contributed by atoms with E-state index < -0.39 is 15.9 Å². The number of anilines is 2. The van der Waals surface area contributed by atoms with E-state index in [0.717, 1.165) is 4.31 Å². The molecule has 2 aromatic carbocycles. The third-order valence-electron chi connectivity index (χ3n) is 4.39. The lowest BCUT2D eigenvalue weighted by molar-refractivity contribution is 0.103. The van der Waals surface area contributed by atoms with Crippen molar-refractivity contribution < 1.29 is 22.7 Å². The predicted molar refractivity (Wildman–Crippen MR) is 112 cm³/mol. The molecular weight excluding hydrogens is 412 g/mol. The Morgan fingerprint density at radius 3 is 2.52 bits per heavy atom. The van der Waals surface area contributed by atoms with Crippen LogP contribution in [0.2, 0.25) is 0 Å². The van der Waals surface area contributed by atoms with Gasteiger partial charge in [-0.05, 0) is 35.7 Å². The minimum absolute atomic E-state index is 0.159. The largest absolute Gasteiger partial charge is 0.486 e. The fourth-order valence-corrected chi connectivity index (χ4v) is 5.01. The van der Waals surface area contributed by atoms with E-state index >= 15 is 0 Å². The average Bonchev–Trinajstić information content (AvgIpc) is 3.23. The van der Waals surface area contributed by atoms with Crippen molar-refractivity contribution in [3.63, 3.8) is 0 Å². The van der Waals surface area contributed by atoms with Crippen molar-refractivity contribution in [3.05, 3.63) is 64.9 Å². The number of hydrogen-bond donors (Lipinski definition) is 1. The second kappa shape index (κ2) is 7.76. The standard InChI is InChI=1S/C20H18N2O5S2/c1-22(29(24,25)15-5-3-2-4-6-15)16-9-12-28-19(16)20(23)21-14-7-8-17-18(13-14)27-11-10-26-17/h2-9,12-13H,10-11H2,1H3,(H,21,23). The van der Waals surface area contributed by atoms with Crippen LogP contribution in [0.4, 0.5) is 11.4 Å². The molecule has 0 radical (unpaired) electrons. The molecule has 1 N–H and O–H groups in total. The number of hydrogen-bond acceptors (Lipinski definition) is 6. The Labute approximate surface area is 172 Å². The fraction of sp³-hybridized carbons (Fsp3) is 0.150. The van der Waals surface area contributed by atoms with E-state index in [1.165, 1.54) is 30.5 Å². The van der Waals surface area contributed by atoms with Crippen LogP contribution in [0.1, 0.15) is 9.67 Å². The van der Waals surface area contributed by atoms with E-state index in [4.69, 9.17) is 9.47 Å². The van der Waals surface area contributed by atoms with Gasteiger partial charge in [0.15, 0.2) is 11.5 Å². The lowest BCUT2D eigenvalue weighted by Gasteiger charge is -2.20. The topological polar surface area (TPSA) is 84.9 Å². The smallest absolute Gasteiger partial charge is 0.267 e. The van der Waals surface area contributed by atoms with E-state index in [0.29, 0.717) is 41.0 Å². The number of sulfonamides is 1. The van der Waals surface area contributed by atoms with Gasteiger partial charge in [0.05, 0.1) is 10.6 Å². The van der Waals surface area contributed by atoms with Gasteiger partial charge in [-0.3, -0.25) is 9.10 Å². The van der Waals surface area contributed by atoms with Crippen LogP contribution in [0, 0.1) is 0 Å². The number of nitrogens with one attached hydrogen (secondary N) is 1. The number of carbonyl (C=O) groups is 1. The Morgan fingerprint density at radius 1 is 1.03 bits per heavy atom. The van der Waals surface area contributed by atoms with Crippen molar-refractivity contribution in [1.29, 1.82) is 0 Å². The van der Waals surface area contributed by atoms with Crippen LogP contribution >= 0.6 is 11.3 Å². The number of ether oxygens (including phenoxy) is 2. The second-order valence-corrected chi connectivity index (χ2v) is 9.12. The molecule has 29 heavy (non-hydrogen) atoms. The third-order valence-corrected chi connectivity index (χ3v) is 7.08. The summed E-state index contributed by atoms with van der Waals surface area (Å²) in [5.74, 6) is 0.783. The molecule has 9 heteroatoms. The molecule has 4 rings (SSSR count). The average molecular weight is 431 g/mol. The van der Waals surface area contributed by atoms with Gasteiger partial charge in [-0.2, -0.15) is 0 Å². The fourth-order valence-electron chi connectivity index (χ4n) is 2.91. The maximum atomic E-state index is 12.9. The van der Waals surface area contributed by atoms with E-state index in [9.17, 15) is 13.2 Å². The van der Waals surface area contributed by atoms with Crippen LogP contribution in [0.5, 0.6) is 11.5 Å². The number of rotatable bonds is 5. The number of thiophene rings is 1. The molecule has 7 nitrogen and oxygen atoms in total. The Kier molecular flexibility index (Phi) is 5.16. The van der Waals surface area contributed by atoms with Crippen LogP contribution in [-0.2, 0) is 10.0 Å². The molecule has 2 heterocycles. The summed E-state index contributed by atoms with van der Waals surface area (Å²) >= 11 is 1.17. The molecule has 1 aromatic heterocycles. The highest BCUT2D eigenvalue weighted by molar-refractivity contribution is 7.92. The third kappa shape index (κ3) is 3.79. The molecule has 0 saturated carbocycles. The van der Waals surface area contributed by atoms with Crippen molar-refractivity contribution in [2.24, 2.45) is 0 Å². The normalized spacial score (nSPS) is 13.0. The predicted octanol–water partition coefficient (Wildman–Crippen LogP) is 3.60. The summed E-state index contributed by atoms with van der Waals surface area (Å²) in [5.41, 5.74) is 0.848. The zero-order valence-electron chi connectivity index (χ0n) is 15.5. The first-order chi connectivity index (χ1) is 14.0. The summed E-state index contributed by atoms with van der Waals surface area (Å²) in [7, 11) is -2.34. The molecule has 1 aliphatic heterocycles. The highest BCUT2D eigenvalue weighted by atomic mass is 32.2. The monoisotopic (exact) mass is 430 g/mol. The Bertz CT molecular complexity index is 1140. The number of nitrogens with zero attached hydrogens (tertiary/aromatic N) is 1. The molecule has 0 fully saturated rings. The summed E-state index contributed by atoms with van der Waals surface area (Å²) in [4.78, 5) is 13.3. The highest BCUT2D eigenvalue weighted by Crippen LogP contribution is 2.34. The van der Waals surface area contributed by atoms with Crippen LogP contribution in [0.3, 0.4) is 0 Å². The Balaban J connectivity index is 1.58. The first-order valence-electron chi connectivity index (χ1n) is 8.79. The zero-order chi connectivity index (χ0) is 20.4. The van der Waals surface area contributed by atoms with Crippen molar-refractivity contribution >= 4 is 38.6 Å². The molecule has 0 saturated heterocycles. The summed E-state index contributed by atoms with van der Waals surface area (Å²) in [6, 6.07) is 14.8. The molecule has 0 bridgehead atoms. The van der Waals surface area contributed by atoms with Crippen molar-refractivity contribution in [2.45, 2.75) is 4.90 Å². The molecule has 0 atom stereocenters. The van der Waals surface area contributed by atoms with Gasteiger partial charge in [0.2, 0.25) is 0 Å². The molecular formula is C20H18N2O5S2. The summed E-state index contributed by atoms with van der Waals surface area (Å²) in [5, 5.41) is 4.48. The van der Waals surface area contributed by atoms with Crippen molar-refractivity contribution in [1.82, 2.24) is 0 Å². The van der Waals surface area contributed by atoms with Gasteiger partial charge in [-0.1, -0.05) is 18.2 Å². The van der Waals surface area contributed by atoms with Gasteiger partial charge in [-0.15, -0.1) is 11.3 Å². The number of carbonyl (C=O) groups excluding carboxylic acids is 1. The van der Waals surface area contributed by atoms with Gasteiger partial charge in [0, 0.05) is 18.8 Å². The van der Waals surface area contributed by atoms with Gasteiger partial charge in [0.1, 0.15) is 18.1 Å². The first kappa shape index (κ1) is 19.3. The number of amides is 1. The minimum Gasteiger partial charge on any atom is -0.486 e. The molecule has 3 aromatic rings. The van der Waals surface area contributed by atoms with Gasteiger partial charge >= 0.3 is 0 Å². The van der Waals surface area contributed by atoms with Crippen LogP contribution < -0.4 is 19.1 Å². The van der Waals surface area contributed by atoms with Crippen LogP contribution in [-0.4, -0.2) is 34.6 Å².